The maximum absolute atomic E-state index is 3.68. The van der Waals surface area contributed by atoms with Gasteiger partial charge in [0, 0.05) is 25.2 Å². The van der Waals surface area contributed by atoms with Crippen molar-refractivity contribution in [2.24, 2.45) is 5.92 Å². The fourth-order valence-electron chi connectivity index (χ4n) is 2.88. The van der Waals surface area contributed by atoms with Crippen molar-refractivity contribution >= 4 is 0 Å². The van der Waals surface area contributed by atoms with Gasteiger partial charge in [0.05, 0.1) is 0 Å². The largest absolute Gasteiger partial charge is 0.308 e. The lowest BCUT2D eigenvalue weighted by Gasteiger charge is -2.37. The Morgan fingerprint density at radius 2 is 2.30 bits per heavy atom. The zero-order chi connectivity index (χ0) is 6.55. The Bertz CT molecular complexity index is 147. The van der Waals surface area contributed by atoms with E-state index in [1.54, 1.807) is 0 Å². The van der Waals surface area contributed by atoms with Crippen LogP contribution in [0, 0.1) is 5.92 Å². The van der Waals surface area contributed by atoms with E-state index in [2.05, 4.69) is 10.2 Å². The molecular formula is C8H14N2. The van der Waals surface area contributed by atoms with Gasteiger partial charge in [-0.1, -0.05) is 0 Å². The summed E-state index contributed by atoms with van der Waals surface area (Å²) in [5, 5.41) is 3.68. The zero-order valence-corrected chi connectivity index (χ0v) is 6.21. The van der Waals surface area contributed by atoms with E-state index in [1.165, 1.54) is 32.5 Å². The smallest absolute Gasteiger partial charge is 0.0227 e. The molecule has 3 aliphatic heterocycles. The second-order valence-electron chi connectivity index (χ2n) is 4.01. The highest BCUT2D eigenvalue weighted by Gasteiger charge is 2.42. The monoisotopic (exact) mass is 138 g/mol. The maximum atomic E-state index is 3.68. The molecule has 1 unspecified atom stereocenters. The number of nitrogens with zero attached hydrogens (tertiary/aromatic N) is 1. The first-order chi connectivity index (χ1) is 4.92. The predicted octanol–water partition coefficient (Wildman–Crippen LogP) is 0.0524. The van der Waals surface area contributed by atoms with Crippen molar-refractivity contribution in [1.29, 1.82) is 0 Å². The molecule has 3 fully saturated rings. The molecule has 3 saturated heterocycles. The van der Waals surface area contributed by atoms with Gasteiger partial charge >= 0.3 is 0 Å². The quantitative estimate of drug-likeness (QED) is 0.509. The standard InChI is InChI=1S/C8H14N2/c1-2-10-4-7-3-6(1)8(5-10)9-7/h6-9H,1-5H2/t6-,7-,8-/m1/s1. The lowest BCUT2D eigenvalue weighted by atomic mass is 9.94. The molecule has 3 aliphatic rings. The molecule has 0 radical (unpaired) electrons. The molecule has 0 aromatic carbocycles. The number of piperidine rings is 1. The second kappa shape index (κ2) is 1.74. The van der Waals surface area contributed by atoms with Crippen molar-refractivity contribution < 1.29 is 0 Å². The second-order valence-corrected chi connectivity index (χ2v) is 4.01. The van der Waals surface area contributed by atoms with E-state index >= 15 is 0 Å². The van der Waals surface area contributed by atoms with Crippen LogP contribution in [0.4, 0.5) is 0 Å². The Morgan fingerprint density at radius 3 is 3.30 bits per heavy atom. The lowest BCUT2D eigenvalue weighted by molar-refractivity contribution is 0.146. The first-order valence-electron chi connectivity index (χ1n) is 4.40. The van der Waals surface area contributed by atoms with Crippen LogP contribution in [0.15, 0.2) is 0 Å². The average Bonchev–Trinajstić information content (AvgIpc) is 2.11. The first-order valence-corrected chi connectivity index (χ1v) is 4.40. The summed E-state index contributed by atoms with van der Waals surface area (Å²) in [7, 11) is 0. The van der Waals surface area contributed by atoms with Crippen LogP contribution in [0.2, 0.25) is 0 Å². The summed E-state index contributed by atoms with van der Waals surface area (Å²) < 4.78 is 0. The molecule has 0 spiro atoms. The van der Waals surface area contributed by atoms with Gasteiger partial charge in [-0.05, 0) is 25.3 Å². The molecule has 3 rings (SSSR count). The van der Waals surface area contributed by atoms with Crippen molar-refractivity contribution in [2.45, 2.75) is 24.9 Å². The van der Waals surface area contributed by atoms with Gasteiger partial charge in [-0.15, -0.1) is 0 Å². The summed E-state index contributed by atoms with van der Waals surface area (Å²) in [6.45, 7) is 4.04. The van der Waals surface area contributed by atoms with Crippen LogP contribution in [0.5, 0.6) is 0 Å². The Morgan fingerprint density at radius 1 is 1.30 bits per heavy atom. The Hall–Kier alpha value is -0.0800. The topological polar surface area (TPSA) is 15.3 Å². The zero-order valence-electron chi connectivity index (χ0n) is 6.21. The molecule has 3 heterocycles. The third-order valence-electron chi connectivity index (χ3n) is 3.36. The fraction of sp³-hybridized carbons (Fsp3) is 1.00. The van der Waals surface area contributed by atoms with E-state index in [9.17, 15) is 0 Å². The summed E-state index contributed by atoms with van der Waals surface area (Å²) in [5.74, 6) is 1.03. The van der Waals surface area contributed by atoms with Gasteiger partial charge in [-0.3, -0.25) is 0 Å². The molecule has 0 aliphatic carbocycles. The molecule has 1 N–H and O–H groups in total. The van der Waals surface area contributed by atoms with E-state index in [0.29, 0.717) is 0 Å². The molecule has 2 heteroatoms. The number of piperazine rings is 1. The van der Waals surface area contributed by atoms with E-state index < -0.39 is 0 Å². The molecule has 2 nitrogen and oxygen atoms in total. The molecule has 3 bridgehead atoms. The number of hydrogen-bond acceptors (Lipinski definition) is 2. The molecule has 10 heavy (non-hydrogen) atoms. The van der Waals surface area contributed by atoms with Crippen molar-refractivity contribution in [1.82, 2.24) is 10.2 Å². The van der Waals surface area contributed by atoms with Gasteiger partial charge in [0.25, 0.3) is 0 Å². The highest BCUT2D eigenvalue weighted by Crippen LogP contribution is 2.33. The van der Waals surface area contributed by atoms with Crippen molar-refractivity contribution in [3.05, 3.63) is 0 Å². The van der Waals surface area contributed by atoms with Crippen LogP contribution < -0.4 is 5.32 Å². The molecule has 0 amide bonds. The van der Waals surface area contributed by atoms with E-state index in [4.69, 9.17) is 0 Å². The summed E-state index contributed by atoms with van der Waals surface area (Å²) in [6.07, 6.45) is 2.91. The van der Waals surface area contributed by atoms with Crippen LogP contribution in [-0.4, -0.2) is 36.6 Å². The van der Waals surface area contributed by atoms with Crippen molar-refractivity contribution in [3.8, 4) is 0 Å². The average molecular weight is 138 g/mol. The minimum absolute atomic E-state index is 0.853. The van der Waals surface area contributed by atoms with Crippen LogP contribution in [-0.2, 0) is 0 Å². The number of fused-ring (bicyclic) bond motifs is 2. The summed E-state index contributed by atoms with van der Waals surface area (Å²) in [5.41, 5.74) is 0. The highest BCUT2D eigenvalue weighted by atomic mass is 15.3. The van der Waals surface area contributed by atoms with Gasteiger partial charge in [0.15, 0.2) is 0 Å². The van der Waals surface area contributed by atoms with Crippen LogP contribution in [0.1, 0.15) is 12.8 Å². The molecular weight excluding hydrogens is 124 g/mol. The Kier molecular flexibility index (Phi) is 0.968. The van der Waals surface area contributed by atoms with E-state index in [0.717, 1.165) is 18.0 Å². The Labute approximate surface area is 61.6 Å². The number of rotatable bonds is 0. The van der Waals surface area contributed by atoms with Crippen LogP contribution >= 0.6 is 0 Å². The highest BCUT2D eigenvalue weighted by molar-refractivity contribution is 5.01. The summed E-state index contributed by atoms with van der Waals surface area (Å²) >= 11 is 0. The van der Waals surface area contributed by atoms with Crippen LogP contribution in [0.3, 0.4) is 0 Å². The Balaban J connectivity index is 1.94. The van der Waals surface area contributed by atoms with E-state index in [-0.39, 0.29) is 0 Å². The first kappa shape index (κ1) is 5.56. The van der Waals surface area contributed by atoms with Crippen LogP contribution in [0.25, 0.3) is 0 Å². The predicted molar refractivity (Wildman–Crippen MR) is 39.9 cm³/mol. The molecule has 0 aromatic heterocycles. The molecule has 56 valence electrons. The van der Waals surface area contributed by atoms with E-state index in [1.807, 2.05) is 0 Å². The van der Waals surface area contributed by atoms with Crippen molar-refractivity contribution in [3.63, 3.8) is 0 Å². The van der Waals surface area contributed by atoms with Gasteiger partial charge < -0.3 is 10.2 Å². The third-order valence-corrected chi connectivity index (χ3v) is 3.36. The molecule has 4 atom stereocenters. The molecule has 0 aromatic rings. The van der Waals surface area contributed by atoms with Gasteiger partial charge in [-0.25, -0.2) is 0 Å². The van der Waals surface area contributed by atoms with Gasteiger partial charge in [0.1, 0.15) is 0 Å². The number of hydrogen-bond donors (Lipinski definition) is 1. The lowest BCUT2D eigenvalue weighted by Crippen LogP contribution is -2.54. The normalized spacial score (nSPS) is 57.6. The van der Waals surface area contributed by atoms with Gasteiger partial charge in [-0.2, -0.15) is 0 Å². The third kappa shape index (κ3) is 0.611. The minimum Gasteiger partial charge on any atom is -0.308 e. The van der Waals surface area contributed by atoms with Crippen molar-refractivity contribution in [2.75, 3.05) is 19.6 Å². The fourth-order valence-corrected chi connectivity index (χ4v) is 2.88. The minimum atomic E-state index is 0.853. The summed E-state index contributed by atoms with van der Waals surface area (Å²) in [4.78, 5) is 2.62. The SMILES string of the molecule is C1CN2C[C@H]3C[C@@H]1[C@@H](C2)N3. The van der Waals surface area contributed by atoms with Gasteiger partial charge in [0.2, 0.25) is 0 Å². The summed E-state index contributed by atoms with van der Waals surface area (Å²) in [6, 6.07) is 1.72. The number of nitrogens with one attached hydrogen (secondary N) is 1. The molecule has 0 saturated carbocycles. The maximum Gasteiger partial charge on any atom is 0.0227 e.